The molecule has 1 aromatic carbocycles. The zero-order valence-electron chi connectivity index (χ0n) is 19.8. The van der Waals surface area contributed by atoms with E-state index in [-0.39, 0.29) is 18.5 Å². The third kappa shape index (κ3) is 4.49. The number of thiophene rings is 1. The van der Waals surface area contributed by atoms with E-state index in [1.54, 1.807) is 0 Å². The Kier molecular flexibility index (Phi) is 6.21. The van der Waals surface area contributed by atoms with Gasteiger partial charge in [0.05, 0.1) is 6.54 Å². The lowest BCUT2D eigenvalue weighted by Crippen LogP contribution is -2.33. The SMILES string of the molecule is Cc1cc(C(=O)COC(=O)c2cc3c(s2)CC[C@@H](C)C3)c(C)n1C[C@H]1COc2ccccc2O1. The molecule has 5 rings (SSSR count). The molecule has 3 heterocycles. The summed E-state index contributed by atoms with van der Waals surface area (Å²) in [5.41, 5.74) is 3.61. The number of carbonyl (C=O) groups is 2. The van der Waals surface area contributed by atoms with Gasteiger partial charge in [0.1, 0.15) is 11.5 Å². The van der Waals surface area contributed by atoms with E-state index in [4.69, 9.17) is 14.2 Å². The van der Waals surface area contributed by atoms with Gasteiger partial charge in [-0.2, -0.15) is 0 Å². The number of fused-ring (bicyclic) bond motifs is 2. The molecule has 0 N–H and O–H groups in total. The summed E-state index contributed by atoms with van der Waals surface area (Å²) in [5, 5.41) is 0. The third-order valence-electron chi connectivity index (χ3n) is 6.69. The molecule has 34 heavy (non-hydrogen) atoms. The lowest BCUT2D eigenvalue weighted by Gasteiger charge is -2.27. The zero-order chi connectivity index (χ0) is 23.8. The van der Waals surface area contributed by atoms with Crippen LogP contribution in [0.1, 0.15) is 55.2 Å². The summed E-state index contributed by atoms with van der Waals surface area (Å²) in [5.74, 6) is 1.50. The molecule has 6 nitrogen and oxygen atoms in total. The summed E-state index contributed by atoms with van der Waals surface area (Å²) in [7, 11) is 0. The van der Waals surface area contributed by atoms with Crippen LogP contribution in [0.2, 0.25) is 0 Å². The summed E-state index contributed by atoms with van der Waals surface area (Å²) in [6, 6.07) is 11.4. The number of hydrogen-bond donors (Lipinski definition) is 0. The minimum atomic E-state index is -0.416. The van der Waals surface area contributed by atoms with Crippen molar-refractivity contribution in [3.63, 3.8) is 0 Å². The fraction of sp³-hybridized carbons (Fsp3) is 0.407. The van der Waals surface area contributed by atoms with E-state index in [9.17, 15) is 9.59 Å². The van der Waals surface area contributed by atoms with Crippen LogP contribution in [0.3, 0.4) is 0 Å². The fourth-order valence-corrected chi connectivity index (χ4v) is 5.91. The zero-order valence-corrected chi connectivity index (χ0v) is 20.6. The number of nitrogens with zero attached hydrogens (tertiary/aromatic N) is 1. The topological polar surface area (TPSA) is 66.8 Å². The molecule has 0 saturated carbocycles. The van der Waals surface area contributed by atoms with E-state index in [1.807, 2.05) is 50.2 Å². The summed E-state index contributed by atoms with van der Waals surface area (Å²) < 4.78 is 19.4. The van der Waals surface area contributed by atoms with Crippen LogP contribution in [-0.2, 0) is 24.1 Å². The third-order valence-corrected chi connectivity index (χ3v) is 7.91. The van der Waals surface area contributed by atoms with E-state index in [2.05, 4.69) is 11.5 Å². The molecular weight excluding hydrogens is 450 g/mol. The Balaban J connectivity index is 1.22. The second-order valence-corrected chi connectivity index (χ2v) is 10.4. The van der Waals surface area contributed by atoms with Crippen molar-refractivity contribution in [1.82, 2.24) is 4.57 Å². The van der Waals surface area contributed by atoms with Crippen molar-refractivity contribution >= 4 is 23.1 Å². The van der Waals surface area contributed by atoms with Crippen molar-refractivity contribution in [2.45, 2.75) is 52.7 Å². The van der Waals surface area contributed by atoms with Gasteiger partial charge in [0.2, 0.25) is 5.78 Å². The monoisotopic (exact) mass is 479 g/mol. The molecule has 1 aliphatic heterocycles. The van der Waals surface area contributed by atoms with Gasteiger partial charge >= 0.3 is 5.97 Å². The number of para-hydroxylation sites is 2. The molecule has 0 bridgehead atoms. The fourth-order valence-electron chi connectivity index (χ4n) is 4.81. The number of carbonyl (C=O) groups excluding carboxylic acids is 2. The van der Waals surface area contributed by atoms with Crippen LogP contribution in [0.4, 0.5) is 0 Å². The lowest BCUT2D eigenvalue weighted by molar-refractivity contribution is 0.0479. The lowest BCUT2D eigenvalue weighted by atomic mass is 9.90. The van der Waals surface area contributed by atoms with Crippen molar-refractivity contribution < 1.29 is 23.8 Å². The van der Waals surface area contributed by atoms with Gasteiger partial charge in [0, 0.05) is 21.8 Å². The summed E-state index contributed by atoms with van der Waals surface area (Å²) in [6.45, 7) is 6.86. The van der Waals surface area contributed by atoms with Gasteiger partial charge in [-0.25, -0.2) is 4.79 Å². The summed E-state index contributed by atoms with van der Waals surface area (Å²) in [4.78, 5) is 27.4. The average Bonchev–Trinajstić information content (AvgIpc) is 3.38. The molecular formula is C27H29NO5S. The van der Waals surface area contributed by atoms with Crippen molar-refractivity contribution in [2.24, 2.45) is 5.92 Å². The standard InChI is InChI=1S/C27H29NO5S/c1-16-8-9-25-19(10-16)12-26(34-25)27(30)32-15-22(29)21-11-17(2)28(18(21)3)13-20-14-31-23-6-4-5-7-24(23)33-20/h4-7,11-12,16,20H,8-10,13-15H2,1-3H3/t16-,20+/m1/s1. The number of ketones is 1. The Morgan fingerprint density at radius 2 is 1.97 bits per heavy atom. The molecule has 2 aromatic heterocycles. The van der Waals surface area contributed by atoms with E-state index in [0.29, 0.717) is 29.5 Å². The van der Waals surface area contributed by atoms with Crippen LogP contribution >= 0.6 is 11.3 Å². The molecule has 0 unspecified atom stereocenters. The predicted molar refractivity (Wildman–Crippen MR) is 130 cm³/mol. The number of benzene rings is 1. The maximum atomic E-state index is 12.9. The number of ether oxygens (including phenoxy) is 3. The van der Waals surface area contributed by atoms with Gasteiger partial charge in [0.15, 0.2) is 24.2 Å². The van der Waals surface area contributed by atoms with Crippen molar-refractivity contribution in [3.05, 3.63) is 68.7 Å². The minimum absolute atomic E-state index is 0.159. The highest BCUT2D eigenvalue weighted by Gasteiger charge is 2.25. The molecule has 178 valence electrons. The molecule has 0 amide bonds. The van der Waals surface area contributed by atoms with E-state index >= 15 is 0 Å². The van der Waals surface area contributed by atoms with Gasteiger partial charge in [-0.15, -0.1) is 11.3 Å². The molecule has 7 heteroatoms. The molecule has 0 spiro atoms. The first-order valence-electron chi connectivity index (χ1n) is 11.8. The summed E-state index contributed by atoms with van der Waals surface area (Å²) >= 11 is 1.50. The Morgan fingerprint density at radius 3 is 2.79 bits per heavy atom. The van der Waals surface area contributed by atoms with Crippen LogP contribution in [0.15, 0.2) is 36.4 Å². The quantitative estimate of drug-likeness (QED) is 0.360. The number of aryl methyl sites for hydroxylation is 2. The summed E-state index contributed by atoms with van der Waals surface area (Å²) in [6.07, 6.45) is 3.01. The largest absolute Gasteiger partial charge is 0.486 e. The Bertz CT molecular complexity index is 1240. The number of Topliss-reactive ketones (excluding diaryl/α,β-unsaturated/α-hetero) is 1. The Morgan fingerprint density at radius 1 is 1.18 bits per heavy atom. The van der Waals surface area contributed by atoms with Crippen LogP contribution in [0.25, 0.3) is 0 Å². The second-order valence-electron chi connectivity index (χ2n) is 9.30. The Hall–Kier alpha value is -3.06. The maximum Gasteiger partial charge on any atom is 0.348 e. The first kappa shape index (κ1) is 22.7. The first-order chi connectivity index (χ1) is 16.4. The predicted octanol–water partition coefficient (Wildman–Crippen LogP) is 5.17. The van der Waals surface area contributed by atoms with Crippen molar-refractivity contribution in [1.29, 1.82) is 0 Å². The highest BCUT2D eigenvalue weighted by atomic mass is 32.1. The Labute approximate surface area is 203 Å². The van der Waals surface area contributed by atoms with Crippen molar-refractivity contribution in [2.75, 3.05) is 13.2 Å². The highest BCUT2D eigenvalue weighted by molar-refractivity contribution is 7.14. The van der Waals surface area contributed by atoms with Crippen LogP contribution in [0, 0.1) is 19.8 Å². The molecule has 2 aliphatic rings. The minimum Gasteiger partial charge on any atom is -0.486 e. The van der Waals surface area contributed by atoms with Gasteiger partial charge in [-0.1, -0.05) is 19.1 Å². The number of aromatic nitrogens is 1. The van der Waals surface area contributed by atoms with Gasteiger partial charge < -0.3 is 18.8 Å². The first-order valence-corrected chi connectivity index (χ1v) is 12.6. The average molecular weight is 480 g/mol. The van der Waals surface area contributed by atoms with E-state index < -0.39 is 5.97 Å². The van der Waals surface area contributed by atoms with E-state index in [1.165, 1.54) is 21.8 Å². The highest BCUT2D eigenvalue weighted by Crippen LogP contribution is 2.33. The molecule has 0 saturated heterocycles. The molecule has 0 radical (unpaired) electrons. The number of hydrogen-bond acceptors (Lipinski definition) is 6. The van der Waals surface area contributed by atoms with Gasteiger partial charge in [-0.05, 0) is 68.9 Å². The maximum absolute atomic E-state index is 12.9. The smallest absolute Gasteiger partial charge is 0.348 e. The van der Waals surface area contributed by atoms with Crippen molar-refractivity contribution in [3.8, 4) is 11.5 Å². The molecule has 3 aromatic rings. The normalized spacial score (nSPS) is 18.9. The molecule has 2 atom stereocenters. The van der Waals surface area contributed by atoms with Crippen LogP contribution in [0.5, 0.6) is 11.5 Å². The second kappa shape index (κ2) is 9.29. The van der Waals surface area contributed by atoms with Gasteiger partial charge in [0.25, 0.3) is 0 Å². The number of esters is 1. The molecule has 1 aliphatic carbocycles. The van der Waals surface area contributed by atoms with E-state index in [0.717, 1.165) is 42.1 Å². The van der Waals surface area contributed by atoms with Crippen LogP contribution < -0.4 is 9.47 Å². The molecule has 0 fully saturated rings. The van der Waals surface area contributed by atoms with Gasteiger partial charge in [-0.3, -0.25) is 4.79 Å². The number of rotatable bonds is 6. The van der Waals surface area contributed by atoms with Crippen LogP contribution in [-0.4, -0.2) is 35.6 Å².